The van der Waals surface area contributed by atoms with Gasteiger partial charge in [-0.05, 0) is 25.0 Å². The first-order chi connectivity index (χ1) is 14.1. The van der Waals surface area contributed by atoms with Crippen LogP contribution in [-0.2, 0) is 0 Å². The fourth-order valence-electron chi connectivity index (χ4n) is 4.01. The number of aromatic amines is 1. The zero-order chi connectivity index (χ0) is 20.2. The maximum atomic E-state index is 13.1. The second kappa shape index (κ2) is 8.39. The number of aryl methyl sites for hydroxylation is 2. The van der Waals surface area contributed by atoms with Gasteiger partial charge in [-0.25, -0.2) is 4.79 Å². The summed E-state index contributed by atoms with van der Waals surface area (Å²) in [7, 11) is 0. The van der Waals surface area contributed by atoms with E-state index in [0.717, 1.165) is 41.3 Å². The van der Waals surface area contributed by atoms with Crippen molar-refractivity contribution in [3.05, 3.63) is 83.2 Å². The summed E-state index contributed by atoms with van der Waals surface area (Å²) >= 11 is 0. The average Bonchev–Trinajstić information content (AvgIpc) is 3.11. The van der Waals surface area contributed by atoms with Crippen LogP contribution in [-0.4, -0.2) is 47.3 Å². The number of nitrogens with one attached hydrogen (secondary N) is 2. The van der Waals surface area contributed by atoms with Gasteiger partial charge < -0.3 is 15.1 Å². The second-order valence-corrected chi connectivity index (χ2v) is 7.46. The zero-order valence-electron chi connectivity index (χ0n) is 16.9. The molecule has 2 N–H and O–H groups in total. The van der Waals surface area contributed by atoms with Gasteiger partial charge in [0.25, 0.3) is 0 Å². The lowest BCUT2D eigenvalue weighted by Gasteiger charge is -2.37. The molecule has 0 atom stereocenters. The van der Waals surface area contributed by atoms with Crippen molar-refractivity contribution in [1.29, 1.82) is 0 Å². The number of benzene rings is 2. The molecular weight excluding hydrogens is 362 g/mol. The Bertz CT molecular complexity index is 887. The molecule has 150 valence electrons. The summed E-state index contributed by atoms with van der Waals surface area (Å²) < 4.78 is 0. The number of aromatic nitrogens is 2. The van der Waals surface area contributed by atoms with Gasteiger partial charge in [-0.2, -0.15) is 5.10 Å². The highest BCUT2D eigenvalue weighted by molar-refractivity contribution is 5.76. The Morgan fingerprint density at radius 1 is 0.931 bits per heavy atom. The number of hydrogen-bond acceptors (Lipinski definition) is 3. The lowest BCUT2D eigenvalue weighted by molar-refractivity contribution is 0.192. The number of H-pyrrole nitrogens is 1. The van der Waals surface area contributed by atoms with Crippen molar-refractivity contribution in [2.24, 2.45) is 0 Å². The molecule has 0 unspecified atom stereocenters. The van der Waals surface area contributed by atoms with Gasteiger partial charge in [0.05, 0.1) is 23.1 Å². The van der Waals surface area contributed by atoms with Crippen LogP contribution in [0.25, 0.3) is 0 Å². The van der Waals surface area contributed by atoms with Crippen LogP contribution in [0.15, 0.2) is 60.7 Å². The van der Waals surface area contributed by atoms with E-state index >= 15 is 0 Å². The Morgan fingerprint density at radius 2 is 1.48 bits per heavy atom. The largest absolute Gasteiger partial charge is 0.365 e. The van der Waals surface area contributed by atoms with E-state index in [4.69, 9.17) is 0 Å². The third kappa shape index (κ3) is 4.11. The Kier molecular flexibility index (Phi) is 5.51. The molecule has 6 heteroatoms. The van der Waals surface area contributed by atoms with Gasteiger partial charge in [-0.1, -0.05) is 60.7 Å². The van der Waals surface area contributed by atoms with Crippen LogP contribution in [0.4, 0.5) is 10.5 Å². The number of hydrogen-bond donors (Lipinski definition) is 2. The van der Waals surface area contributed by atoms with Gasteiger partial charge in [-0.3, -0.25) is 5.10 Å². The van der Waals surface area contributed by atoms with E-state index in [1.165, 1.54) is 0 Å². The number of nitrogens with zero attached hydrogens (tertiary/aromatic N) is 3. The molecule has 1 aliphatic rings. The van der Waals surface area contributed by atoms with Crippen LogP contribution in [0.3, 0.4) is 0 Å². The molecule has 1 aromatic heterocycles. The highest BCUT2D eigenvalue weighted by Gasteiger charge is 2.26. The van der Waals surface area contributed by atoms with Crippen molar-refractivity contribution in [3.63, 3.8) is 0 Å². The lowest BCUT2D eigenvalue weighted by Crippen LogP contribution is -2.52. The Morgan fingerprint density at radius 3 is 1.97 bits per heavy atom. The minimum Gasteiger partial charge on any atom is -0.365 e. The van der Waals surface area contributed by atoms with E-state index in [1.54, 1.807) is 0 Å². The molecule has 1 aliphatic heterocycles. The summed E-state index contributed by atoms with van der Waals surface area (Å²) in [5.41, 5.74) is 5.41. The standard InChI is InChI=1S/C23H27N5O/c1-17-22(18(2)26-25-17)27-13-15-28(16-14-27)23(29)24-21(19-9-5-3-6-10-19)20-11-7-4-8-12-20/h3-12,21H,13-16H2,1-2H3,(H,24,29)(H,25,26). The van der Waals surface area contributed by atoms with E-state index in [-0.39, 0.29) is 12.1 Å². The molecule has 29 heavy (non-hydrogen) atoms. The van der Waals surface area contributed by atoms with Crippen molar-refractivity contribution >= 4 is 11.7 Å². The molecule has 6 nitrogen and oxygen atoms in total. The molecular formula is C23H27N5O. The Balaban J connectivity index is 1.45. The van der Waals surface area contributed by atoms with Crippen molar-refractivity contribution < 1.29 is 4.79 Å². The minimum absolute atomic E-state index is 0.0250. The average molecular weight is 390 g/mol. The fraction of sp³-hybridized carbons (Fsp3) is 0.304. The molecule has 0 spiro atoms. The number of rotatable bonds is 4. The highest BCUT2D eigenvalue weighted by Crippen LogP contribution is 2.25. The van der Waals surface area contributed by atoms with Crippen LogP contribution in [0.1, 0.15) is 28.6 Å². The topological polar surface area (TPSA) is 64.3 Å². The molecule has 0 bridgehead atoms. The van der Waals surface area contributed by atoms with Gasteiger partial charge in [0, 0.05) is 26.2 Å². The molecule has 0 radical (unpaired) electrons. The number of amides is 2. The third-order valence-electron chi connectivity index (χ3n) is 5.51. The minimum atomic E-state index is -0.165. The molecule has 1 fully saturated rings. The van der Waals surface area contributed by atoms with Gasteiger partial charge in [-0.15, -0.1) is 0 Å². The fourth-order valence-corrected chi connectivity index (χ4v) is 4.01. The zero-order valence-corrected chi connectivity index (χ0v) is 16.9. The summed E-state index contributed by atoms with van der Waals surface area (Å²) in [6.45, 7) is 7.03. The van der Waals surface area contributed by atoms with E-state index in [0.29, 0.717) is 13.1 Å². The van der Waals surface area contributed by atoms with Crippen LogP contribution in [0.5, 0.6) is 0 Å². The number of carbonyl (C=O) groups excluding carboxylic acids is 1. The Hall–Kier alpha value is -3.28. The summed E-state index contributed by atoms with van der Waals surface area (Å²) in [5.74, 6) is 0. The predicted molar refractivity (Wildman–Crippen MR) is 115 cm³/mol. The smallest absolute Gasteiger partial charge is 0.318 e. The van der Waals surface area contributed by atoms with Crippen molar-refractivity contribution in [2.45, 2.75) is 19.9 Å². The number of anilines is 1. The molecule has 0 saturated carbocycles. The normalized spacial score (nSPS) is 14.3. The second-order valence-electron chi connectivity index (χ2n) is 7.46. The van der Waals surface area contributed by atoms with Crippen molar-refractivity contribution in [1.82, 2.24) is 20.4 Å². The van der Waals surface area contributed by atoms with Gasteiger partial charge in [0.1, 0.15) is 0 Å². The quantitative estimate of drug-likeness (QED) is 0.716. The van der Waals surface area contributed by atoms with E-state index in [9.17, 15) is 4.79 Å². The number of urea groups is 1. The summed E-state index contributed by atoms with van der Waals surface area (Å²) in [6.07, 6.45) is 0. The van der Waals surface area contributed by atoms with Crippen LogP contribution < -0.4 is 10.2 Å². The number of piperazine rings is 1. The molecule has 1 saturated heterocycles. The summed E-state index contributed by atoms with van der Waals surface area (Å²) in [5, 5.41) is 10.6. The van der Waals surface area contributed by atoms with Crippen molar-refractivity contribution in [3.8, 4) is 0 Å². The summed E-state index contributed by atoms with van der Waals surface area (Å²) in [4.78, 5) is 17.3. The van der Waals surface area contributed by atoms with Crippen LogP contribution >= 0.6 is 0 Å². The van der Waals surface area contributed by atoms with E-state index in [2.05, 4.69) is 44.7 Å². The molecule has 4 rings (SSSR count). The maximum Gasteiger partial charge on any atom is 0.318 e. The molecule has 2 amide bonds. The molecule has 3 aromatic rings. The lowest BCUT2D eigenvalue weighted by atomic mass is 9.99. The SMILES string of the molecule is Cc1n[nH]c(C)c1N1CCN(C(=O)NC(c2ccccc2)c2ccccc2)CC1. The van der Waals surface area contributed by atoms with Crippen molar-refractivity contribution in [2.75, 3.05) is 31.1 Å². The molecule has 2 aromatic carbocycles. The first-order valence-electron chi connectivity index (χ1n) is 10.1. The first-order valence-corrected chi connectivity index (χ1v) is 10.1. The maximum absolute atomic E-state index is 13.1. The Labute approximate surface area is 171 Å². The van der Waals surface area contributed by atoms with Crippen LogP contribution in [0.2, 0.25) is 0 Å². The highest BCUT2D eigenvalue weighted by atomic mass is 16.2. The number of carbonyl (C=O) groups is 1. The van der Waals surface area contributed by atoms with Gasteiger partial charge in [0.15, 0.2) is 0 Å². The molecule has 0 aliphatic carbocycles. The third-order valence-corrected chi connectivity index (χ3v) is 5.51. The van der Waals surface area contributed by atoms with E-state index in [1.807, 2.05) is 55.1 Å². The van der Waals surface area contributed by atoms with E-state index < -0.39 is 0 Å². The van der Waals surface area contributed by atoms with Gasteiger partial charge >= 0.3 is 6.03 Å². The summed E-state index contributed by atoms with van der Waals surface area (Å²) in [6, 6.07) is 20.0. The predicted octanol–water partition coefficient (Wildman–Crippen LogP) is 3.65. The van der Waals surface area contributed by atoms with Crippen LogP contribution in [0, 0.1) is 13.8 Å². The van der Waals surface area contributed by atoms with Gasteiger partial charge in [0.2, 0.25) is 0 Å². The molecule has 2 heterocycles. The first kappa shape index (κ1) is 19.1. The monoisotopic (exact) mass is 389 g/mol.